The summed E-state index contributed by atoms with van der Waals surface area (Å²) < 4.78 is 131. The first-order chi connectivity index (χ1) is 12.6. The molecule has 2 rings (SSSR count). The van der Waals surface area contributed by atoms with Crippen molar-refractivity contribution in [1.29, 1.82) is 0 Å². The third-order valence-electron chi connectivity index (χ3n) is 3.49. The van der Waals surface area contributed by atoms with Gasteiger partial charge >= 0.3 is 17.4 Å². The van der Waals surface area contributed by atoms with E-state index in [0.717, 1.165) is 24.3 Å². The lowest BCUT2D eigenvalue weighted by Gasteiger charge is -2.30. The molecule has 0 saturated heterocycles. The molecule has 0 bridgehead atoms. The summed E-state index contributed by atoms with van der Waals surface area (Å²) in [6, 6.07) is 5.84. The van der Waals surface area contributed by atoms with E-state index >= 15 is 0 Å². The average Bonchev–Trinajstić information content (AvgIpc) is 2.52. The van der Waals surface area contributed by atoms with Crippen LogP contribution in [0.4, 0.5) is 35.1 Å². The van der Waals surface area contributed by atoms with Crippen molar-refractivity contribution in [1.82, 2.24) is 0 Å². The molecule has 0 unspecified atom stereocenters. The van der Waals surface area contributed by atoms with E-state index in [1.54, 1.807) is 0 Å². The van der Waals surface area contributed by atoms with Crippen molar-refractivity contribution in [3.05, 3.63) is 52.3 Å². The van der Waals surface area contributed by atoms with Gasteiger partial charge in [-0.1, -0.05) is 41.4 Å². The van der Waals surface area contributed by atoms with Gasteiger partial charge in [0.1, 0.15) is 5.82 Å². The van der Waals surface area contributed by atoms with E-state index in [1.807, 2.05) is 6.07 Å². The highest BCUT2D eigenvalue weighted by Crippen LogP contribution is 2.54. The van der Waals surface area contributed by atoms with E-state index in [2.05, 4.69) is 0 Å². The summed E-state index contributed by atoms with van der Waals surface area (Å²) in [5.41, 5.74) is -1.95. The van der Waals surface area contributed by atoms with Crippen molar-refractivity contribution in [3.8, 4) is 11.1 Å². The van der Waals surface area contributed by atoms with Crippen LogP contribution >= 0.6 is 23.2 Å². The summed E-state index contributed by atoms with van der Waals surface area (Å²) in [5, 5.41) is -8.47. The van der Waals surface area contributed by atoms with Crippen molar-refractivity contribution in [2.75, 3.05) is 0 Å². The first kappa shape index (κ1) is 22.7. The van der Waals surface area contributed by atoms with E-state index in [4.69, 9.17) is 23.2 Å². The third kappa shape index (κ3) is 3.43. The van der Waals surface area contributed by atoms with Crippen molar-refractivity contribution in [2.24, 2.45) is 0 Å². The van der Waals surface area contributed by atoms with Crippen LogP contribution in [0.1, 0.15) is 0 Å². The predicted molar refractivity (Wildman–Crippen MR) is 83.8 cm³/mol. The zero-order chi connectivity index (χ0) is 21.7. The molecule has 153 valence electrons. The molecule has 0 N–H and O–H groups in total. The predicted octanol–water partition coefficient (Wildman–Crippen LogP) is 6.16. The molecule has 1 radical (unpaired) electrons. The van der Waals surface area contributed by atoms with Crippen LogP contribution in [0.25, 0.3) is 11.1 Å². The molecule has 2 aromatic rings. The molecule has 0 atom stereocenters. The number of halogens is 10. The zero-order valence-corrected chi connectivity index (χ0v) is 15.2. The van der Waals surface area contributed by atoms with Gasteiger partial charge < -0.3 is 0 Å². The van der Waals surface area contributed by atoms with Crippen LogP contribution in [0.15, 0.2) is 35.2 Å². The quantitative estimate of drug-likeness (QED) is 0.502. The Balaban J connectivity index is 3.01. The number of sulfone groups is 1. The highest BCUT2D eigenvalue weighted by molar-refractivity contribution is 7.93. The highest BCUT2D eigenvalue weighted by Gasteiger charge is 2.81. The van der Waals surface area contributed by atoms with Gasteiger partial charge in [0, 0.05) is 17.2 Å². The fourth-order valence-corrected chi connectivity index (χ4v) is 4.59. The Morgan fingerprint density at radius 1 is 0.893 bits per heavy atom. The van der Waals surface area contributed by atoms with E-state index in [9.17, 15) is 43.5 Å². The maximum Gasteiger partial charge on any atom is 0.447 e. The molecule has 2 nitrogen and oxygen atoms in total. The molecule has 13 heteroatoms. The van der Waals surface area contributed by atoms with Crippen LogP contribution in [-0.4, -0.2) is 25.8 Å². The zero-order valence-electron chi connectivity index (χ0n) is 12.9. The molecule has 2 aromatic carbocycles. The van der Waals surface area contributed by atoms with Crippen LogP contribution in [0, 0.1) is 11.9 Å². The minimum atomic E-state index is -6.93. The Labute approximate surface area is 162 Å². The first-order valence-corrected chi connectivity index (χ1v) is 9.03. The van der Waals surface area contributed by atoms with Crippen LogP contribution in [-0.2, 0) is 9.84 Å². The highest BCUT2D eigenvalue weighted by atomic mass is 35.5. The normalized spacial score (nSPS) is 13.6. The standard InChI is InChI=1S/C15H5Cl2F8O2S/c16-7-5-9(17)12(8-3-1-2-4-10(8)18)11(6-7)28(26,27)13(19,14(20,21)22)15(23,24)25/h1-4,6H. The molecule has 0 amide bonds. The van der Waals surface area contributed by atoms with E-state index in [0.29, 0.717) is 0 Å². The van der Waals surface area contributed by atoms with E-state index in [-0.39, 0.29) is 6.07 Å². The maximum atomic E-state index is 14.3. The van der Waals surface area contributed by atoms with Crippen LogP contribution < -0.4 is 0 Å². The van der Waals surface area contributed by atoms with Gasteiger partial charge in [-0.15, -0.1) is 0 Å². The minimum absolute atomic E-state index is 0.0797. The van der Waals surface area contributed by atoms with Crippen LogP contribution in [0.5, 0.6) is 0 Å². The van der Waals surface area contributed by atoms with E-state index in [1.165, 1.54) is 0 Å². The molecular formula is C15H5Cl2F8O2S. The molecule has 0 aliphatic rings. The van der Waals surface area contributed by atoms with Gasteiger partial charge in [-0.2, -0.15) is 26.3 Å². The second kappa shape index (κ2) is 7.03. The lowest BCUT2D eigenvalue weighted by Crippen LogP contribution is -2.58. The largest absolute Gasteiger partial charge is 0.447 e. The summed E-state index contributed by atoms with van der Waals surface area (Å²) >= 11 is 11.1. The van der Waals surface area contributed by atoms with E-state index < -0.39 is 59.1 Å². The van der Waals surface area contributed by atoms with Gasteiger partial charge in [-0.25, -0.2) is 17.2 Å². The Bertz CT molecular complexity index is 1000. The average molecular weight is 472 g/mol. The molecule has 28 heavy (non-hydrogen) atoms. The molecule has 0 aliphatic carbocycles. The maximum absolute atomic E-state index is 14.3. The second-order valence-electron chi connectivity index (χ2n) is 5.24. The number of rotatable bonds is 3. The molecule has 0 saturated carbocycles. The molecule has 0 heterocycles. The van der Waals surface area contributed by atoms with Crippen molar-refractivity contribution < 1.29 is 43.5 Å². The summed E-state index contributed by atoms with van der Waals surface area (Å²) in [6.07, 6.45) is -13.8. The van der Waals surface area contributed by atoms with Gasteiger partial charge in [-0.05, 0) is 12.1 Å². The fraction of sp³-hybridized carbons (Fsp3) is 0.200. The van der Waals surface area contributed by atoms with Gasteiger partial charge in [-0.3, -0.25) is 0 Å². The van der Waals surface area contributed by atoms with Gasteiger partial charge in [0.15, 0.2) is 0 Å². The minimum Gasteiger partial charge on any atom is -0.220 e. The second-order valence-corrected chi connectivity index (χ2v) is 8.04. The molecule has 0 fully saturated rings. The molecule has 0 spiro atoms. The Morgan fingerprint density at radius 3 is 1.86 bits per heavy atom. The fourth-order valence-electron chi connectivity index (χ4n) is 2.24. The van der Waals surface area contributed by atoms with Crippen LogP contribution in [0.3, 0.4) is 0 Å². The summed E-state index contributed by atoms with van der Waals surface area (Å²) in [7, 11) is -6.93. The Kier molecular flexibility index (Phi) is 5.70. The summed E-state index contributed by atoms with van der Waals surface area (Å²) in [5.74, 6) is -1.25. The van der Waals surface area contributed by atoms with Crippen LogP contribution in [0.2, 0.25) is 10.0 Å². The lowest BCUT2D eigenvalue weighted by molar-refractivity contribution is -0.305. The number of hydrogen-bond acceptors (Lipinski definition) is 2. The Morgan fingerprint density at radius 2 is 1.39 bits per heavy atom. The smallest absolute Gasteiger partial charge is 0.220 e. The summed E-state index contributed by atoms with van der Waals surface area (Å²) in [4.78, 5) is -1.90. The van der Waals surface area contributed by atoms with Gasteiger partial charge in [0.25, 0.3) is 0 Å². The molecule has 0 aliphatic heterocycles. The van der Waals surface area contributed by atoms with Gasteiger partial charge in [0.2, 0.25) is 9.84 Å². The SMILES string of the molecule is O=S(=O)(c1cc(Cl)[c]c(Cl)c1-c1ccccc1F)C(F)(C(F)(F)F)C(F)(F)F. The topological polar surface area (TPSA) is 34.1 Å². The van der Waals surface area contributed by atoms with Crippen molar-refractivity contribution in [3.63, 3.8) is 0 Å². The number of alkyl halides is 7. The first-order valence-electron chi connectivity index (χ1n) is 6.79. The lowest BCUT2D eigenvalue weighted by atomic mass is 10.1. The molecule has 0 aromatic heterocycles. The van der Waals surface area contributed by atoms with Crippen molar-refractivity contribution in [2.45, 2.75) is 22.2 Å². The number of benzene rings is 2. The van der Waals surface area contributed by atoms with Gasteiger partial charge in [0.05, 0.1) is 14.9 Å². The third-order valence-corrected chi connectivity index (χ3v) is 6.08. The Hall–Kier alpha value is -1.59. The molecular weight excluding hydrogens is 467 g/mol. The monoisotopic (exact) mass is 471 g/mol. The summed E-state index contributed by atoms with van der Waals surface area (Å²) in [6.45, 7) is 0. The van der Waals surface area contributed by atoms with Crippen molar-refractivity contribution >= 4 is 33.0 Å². The number of hydrogen-bond donors (Lipinski definition) is 0.